The maximum Gasteiger partial charge on any atom is 0.335 e. The second-order valence-electron chi connectivity index (χ2n) is 5.49. The van der Waals surface area contributed by atoms with Crippen molar-refractivity contribution in [2.24, 2.45) is 5.10 Å². The molecule has 2 amide bonds. The highest BCUT2D eigenvalue weighted by Crippen LogP contribution is 2.29. The average molecular weight is 353 g/mol. The largest absolute Gasteiger partial charge is 0.497 e. The Morgan fingerprint density at radius 3 is 2.88 bits per heavy atom. The molecule has 0 atom stereocenters. The fourth-order valence-corrected chi connectivity index (χ4v) is 3.55. The summed E-state index contributed by atoms with van der Waals surface area (Å²) < 4.78 is 6.37. The second-order valence-corrected chi connectivity index (χ2v) is 6.58. The van der Waals surface area contributed by atoms with E-state index in [1.807, 2.05) is 36.4 Å². The van der Waals surface area contributed by atoms with E-state index < -0.39 is 0 Å². The second kappa shape index (κ2) is 7.81. The molecule has 6 heteroatoms. The van der Waals surface area contributed by atoms with Gasteiger partial charge in [-0.25, -0.2) is 10.2 Å². The van der Waals surface area contributed by atoms with Crippen LogP contribution in [0.3, 0.4) is 0 Å². The van der Waals surface area contributed by atoms with Crippen molar-refractivity contribution in [1.29, 1.82) is 0 Å². The maximum atomic E-state index is 11.9. The highest BCUT2D eigenvalue weighted by atomic mass is 32.1. The molecular formula is C19H19N3O2S. The molecule has 0 unspecified atom stereocenters. The summed E-state index contributed by atoms with van der Waals surface area (Å²) in [6.07, 6.45) is 1.69. The van der Waals surface area contributed by atoms with Crippen LogP contribution in [0.2, 0.25) is 0 Å². The van der Waals surface area contributed by atoms with Crippen LogP contribution in [0, 0.1) is 6.92 Å². The number of carbonyl (C=O) groups is 1. The van der Waals surface area contributed by atoms with Gasteiger partial charge in [0.1, 0.15) is 5.75 Å². The Balaban J connectivity index is 1.56. The van der Waals surface area contributed by atoms with Gasteiger partial charge in [-0.3, -0.25) is 0 Å². The summed E-state index contributed by atoms with van der Waals surface area (Å²) in [4.78, 5) is 12.9. The van der Waals surface area contributed by atoms with Crippen molar-refractivity contribution < 1.29 is 9.53 Å². The van der Waals surface area contributed by atoms with E-state index in [-0.39, 0.29) is 6.03 Å². The molecule has 1 heterocycles. The minimum absolute atomic E-state index is 0.349. The lowest BCUT2D eigenvalue weighted by Gasteiger charge is -2.06. The van der Waals surface area contributed by atoms with Crippen molar-refractivity contribution in [2.75, 3.05) is 7.11 Å². The summed E-state index contributed by atoms with van der Waals surface area (Å²) >= 11 is 1.65. The van der Waals surface area contributed by atoms with Gasteiger partial charge in [0.2, 0.25) is 0 Å². The van der Waals surface area contributed by atoms with Crippen molar-refractivity contribution in [3.05, 3.63) is 64.5 Å². The smallest absolute Gasteiger partial charge is 0.335 e. The lowest BCUT2D eigenvalue weighted by atomic mass is 10.1. The van der Waals surface area contributed by atoms with Crippen LogP contribution in [0.25, 0.3) is 10.1 Å². The first-order chi connectivity index (χ1) is 12.2. The van der Waals surface area contributed by atoms with Crippen LogP contribution in [0.5, 0.6) is 5.75 Å². The fraction of sp³-hybridized carbons (Fsp3) is 0.158. The highest BCUT2D eigenvalue weighted by molar-refractivity contribution is 7.20. The number of hydrogen-bond acceptors (Lipinski definition) is 4. The molecule has 0 radical (unpaired) electrons. The molecule has 0 fully saturated rings. The molecule has 3 rings (SSSR count). The molecule has 0 bridgehead atoms. The van der Waals surface area contributed by atoms with Gasteiger partial charge in [0.25, 0.3) is 0 Å². The van der Waals surface area contributed by atoms with Crippen LogP contribution < -0.4 is 15.5 Å². The standard InChI is InChI=1S/C19H19N3O2S/c1-13-16-8-3-4-9-17(16)25-18(13)12-21-22-19(23)20-11-14-6-5-7-15(10-14)24-2/h3-10,12H,11H2,1-2H3,(H2,20,22,23)/b21-12-. The third-order valence-electron chi connectivity index (χ3n) is 3.82. The average Bonchev–Trinajstić information content (AvgIpc) is 2.96. The van der Waals surface area contributed by atoms with Crippen LogP contribution >= 0.6 is 11.3 Å². The number of methoxy groups -OCH3 is 1. The minimum Gasteiger partial charge on any atom is -0.497 e. The number of thiophene rings is 1. The van der Waals surface area contributed by atoms with Crippen LogP contribution in [0.4, 0.5) is 4.79 Å². The molecular weight excluding hydrogens is 334 g/mol. The third kappa shape index (κ3) is 4.16. The van der Waals surface area contributed by atoms with Gasteiger partial charge in [-0.2, -0.15) is 5.10 Å². The molecule has 128 valence electrons. The molecule has 2 aromatic carbocycles. The highest BCUT2D eigenvalue weighted by Gasteiger charge is 2.06. The summed E-state index contributed by atoms with van der Waals surface area (Å²) in [5, 5.41) is 8.02. The molecule has 3 aromatic rings. The molecule has 0 saturated heterocycles. The normalized spacial score (nSPS) is 11.0. The number of ether oxygens (including phenoxy) is 1. The van der Waals surface area contributed by atoms with E-state index in [1.165, 1.54) is 15.6 Å². The van der Waals surface area contributed by atoms with Gasteiger partial charge in [0, 0.05) is 11.2 Å². The first-order valence-electron chi connectivity index (χ1n) is 7.85. The lowest BCUT2D eigenvalue weighted by molar-refractivity contribution is 0.241. The van der Waals surface area contributed by atoms with Gasteiger partial charge in [-0.1, -0.05) is 30.3 Å². The molecule has 5 nitrogen and oxygen atoms in total. The van der Waals surface area contributed by atoms with E-state index >= 15 is 0 Å². The van der Waals surface area contributed by atoms with Gasteiger partial charge in [-0.05, 0) is 41.6 Å². The Morgan fingerprint density at radius 2 is 2.08 bits per heavy atom. The first kappa shape index (κ1) is 17.0. The molecule has 0 aliphatic rings. The summed E-state index contributed by atoms with van der Waals surface area (Å²) in [6.45, 7) is 2.46. The van der Waals surface area contributed by atoms with E-state index in [0.717, 1.165) is 16.2 Å². The molecule has 0 aliphatic heterocycles. The monoisotopic (exact) mass is 353 g/mol. The molecule has 0 spiro atoms. The zero-order valence-electron chi connectivity index (χ0n) is 14.1. The summed E-state index contributed by atoms with van der Waals surface area (Å²) in [5.41, 5.74) is 4.62. The van der Waals surface area contributed by atoms with Crippen LogP contribution in [0.1, 0.15) is 16.0 Å². The first-order valence-corrected chi connectivity index (χ1v) is 8.67. The van der Waals surface area contributed by atoms with E-state index in [4.69, 9.17) is 4.74 Å². The number of urea groups is 1. The van der Waals surface area contributed by atoms with Crippen molar-refractivity contribution in [3.63, 3.8) is 0 Å². The Bertz CT molecular complexity index is 918. The van der Waals surface area contributed by atoms with Gasteiger partial charge < -0.3 is 10.1 Å². The summed E-state index contributed by atoms with van der Waals surface area (Å²) in [7, 11) is 1.62. The molecule has 0 saturated carbocycles. The zero-order valence-corrected chi connectivity index (χ0v) is 14.9. The third-order valence-corrected chi connectivity index (χ3v) is 5.02. The number of hydrogen-bond donors (Lipinski definition) is 2. The number of nitrogens with one attached hydrogen (secondary N) is 2. The van der Waals surface area contributed by atoms with Crippen LogP contribution in [-0.4, -0.2) is 19.4 Å². The lowest BCUT2D eigenvalue weighted by Crippen LogP contribution is -2.31. The van der Waals surface area contributed by atoms with E-state index in [2.05, 4.69) is 34.9 Å². The Labute approximate surface area is 150 Å². The predicted molar refractivity (Wildman–Crippen MR) is 103 cm³/mol. The van der Waals surface area contributed by atoms with Gasteiger partial charge in [0.05, 0.1) is 18.2 Å². The molecule has 2 N–H and O–H groups in total. The number of amides is 2. The van der Waals surface area contributed by atoms with Crippen molar-refractivity contribution in [1.82, 2.24) is 10.7 Å². The maximum absolute atomic E-state index is 11.9. The van der Waals surface area contributed by atoms with Crippen molar-refractivity contribution in [2.45, 2.75) is 13.5 Å². The van der Waals surface area contributed by atoms with Gasteiger partial charge in [0.15, 0.2) is 0 Å². The number of nitrogens with zero attached hydrogens (tertiary/aromatic N) is 1. The minimum atomic E-state index is -0.349. The Morgan fingerprint density at radius 1 is 1.24 bits per heavy atom. The number of carbonyl (C=O) groups excluding carboxylic acids is 1. The molecule has 25 heavy (non-hydrogen) atoms. The number of benzene rings is 2. The molecule has 0 aliphatic carbocycles. The quantitative estimate of drug-likeness (QED) is 0.537. The van der Waals surface area contributed by atoms with Crippen molar-refractivity contribution >= 4 is 33.7 Å². The topological polar surface area (TPSA) is 62.7 Å². The SMILES string of the molecule is COc1cccc(CNC(=O)N/N=C\c2sc3ccccc3c2C)c1. The number of aryl methyl sites for hydroxylation is 1. The summed E-state index contributed by atoms with van der Waals surface area (Å²) in [5.74, 6) is 0.762. The van der Waals surface area contributed by atoms with Crippen molar-refractivity contribution in [3.8, 4) is 5.75 Å². The van der Waals surface area contributed by atoms with E-state index in [0.29, 0.717) is 6.54 Å². The fourth-order valence-electron chi connectivity index (χ4n) is 2.47. The van der Waals surface area contributed by atoms with Crippen LogP contribution in [-0.2, 0) is 6.54 Å². The summed E-state index contributed by atoms with van der Waals surface area (Å²) in [6, 6.07) is 15.4. The van der Waals surface area contributed by atoms with Crippen LogP contribution in [0.15, 0.2) is 53.6 Å². The van der Waals surface area contributed by atoms with Gasteiger partial charge >= 0.3 is 6.03 Å². The number of fused-ring (bicyclic) bond motifs is 1. The Kier molecular flexibility index (Phi) is 5.30. The Hall–Kier alpha value is -2.86. The van der Waals surface area contributed by atoms with E-state index in [9.17, 15) is 4.79 Å². The van der Waals surface area contributed by atoms with E-state index in [1.54, 1.807) is 24.7 Å². The molecule has 1 aromatic heterocycles. The predicted octanol–water partition coefficient (Wildman–Crippen LogP) is 4.05. The zero-order chi connectivity index (χ0) is 17.6. The van der Waals surface area contributed by atoms with Gasteiger partial charge in [-0.15, -0.1) is 11.3 Å². The number of rotatable bonds is 5. The number of hydrazone groups is 1.